The van der Waals surface area contributed by atoms with Crippen LogP contribution in [0.1, 0.15) is 10.4 Å². The molecule has 0 aromatic heterocycles. The van der Waals surface area contributed by atoms with Crippen molar-refractivity contribution in [2.24, 2.45) is 0 Å². The van der Waals surface area contributed by atoms with Crippen LogP contribution in [0.5, 0.6) is 5.75 Å². The van der Waals surface area contributed by atoms with Crippen LogP contribution in [-0.2, 0) is 4.79 Å². The molecular weight excluding hydrogens is 408 g/mol. The normalized spacial score (nSPS) is 10.3. The molecule has 2 amide bonds. The van der Waals surface area contributed by atoms with Gasteiger partial charge in [0.05, 0.1) is 12.9 Å². The number of hydrogen-bond acceptors (Lipinski definition) is 4. The monoisotopic (exact) mass is 426 g/mol. The Labute approximate surface area is 178 Å². The summed E-state index contributed by atoms with van der Waals surface area (Å²) in [5.74, 6) is 0.581. The predicted octanol–water partition coefficient (Wildman–Crippen LogP) is 5.33. The van der Waals surface area contributed by atoms with Gasteiger partial charge in [-0.1, -0.05) is 23.7 Å². The number of carbonyl (C=O) groups excluding carboxylic acids is 2. The summed E-state index contributed by atoms with van der Waals surface area (Å²) in [6.45, 7) is 0. The average Bonchev–Trinajstić information content (AvgIpc) is 2.72. The predicted molar refractivity (Wildman–Crippen MR) is 118 cm³/mol. The van der Waals surface area contributed by atoms with Crippen molar-refractivity contribution in [3.8, 4) is 5.75 Å². The smallest absolute Gasteiger partial charge is 0.255 e. The second kappa shape index (κ2) is 10.0. The van der Waals surface area contributed by atoms with Crippen molar-refractivity contribution < 1.29 is 14.3 Å². The Balaban J connectivity index is 1.56. The van der Waals surface area contributed by atoms with Gasteiger partial charge in [-0.2, -0.15) is 0 Å². The topological polar surface area (TPSA) is 67.4 Å². The van der Waals surface area contributed by atoms with Crippen LogP contribution in [-0.4, -0.2) is 24.7 Å². The van der Waals surface area contributed by atoms with E-state index in [2.05, 4.69) is 10.6 Å². The molecule has 0 unspecified atom stereocenters. The minimum atomic E-state index is -0.214. The van der Waals surface area contributed by atoms with Crippen LogP contribution in [0.3, 0.4) is 0 Å². The molecule has 0 atom stereocenters. The number of anilines is 2. The van der Waals surface area contributed by atoms with E-state index in [1.165, 1.54) is 11.8 Å². The van der Waals surface area contributed by atoms with E-state index in [1.807, 2.05) is 18.2 Å². The van der Waals surface area contributed by atoms with Crippen LogP contribution in [0, 0.1) is 0 Å². The summed E-state index contributed by atoms with van der Waals surface area (Å²) in [5, 5.41) is 6.23. The standard InChI is InChI=1S/C22H19ClN2O3S/c1-28-19-10-8-15(9-11-19)22(27)25-18-6-3-7-20(13-18)29-14-21(26)24-17-5-2-4-16(23)12-17/h2-13H,14H2,1H3,(H,24,26)(H,25,27). The molecule has 0 fully saturated rings. The van der Waals surface area contributed by atoms with Gasteiger partial charge in [0.15, 0.2) is 0 Å². The number of thioether (sulfide) groups is 1. The molecule has 0 spiro atoms. The maximum absolute atomic E-state index is 12.4. The lowest BCUT2D eigenvalue weighted by molar-refractivity contribution is -0.113. The molecule has 0 bridgehead atoms. The molecule has 7 heteroatoms. The van der Waals surface area contributed by atoms with Gasteiger partial charge < -0.3 is 15.4 Å². The van der Waals surface area contributed by atoms with E-state index >= 15 is 0 Å². The first-order chi connectivity index (χ1) is 14.0. The first-order valence-electron chi connectivity index (χ1n) is 8.77. The number of halogens is 1. The van der Waals surface area contributed by atoms with Crippen molar-refractivity contribution in [3.63, 3.8) is 0 Å². The number of benzene rings is 3. The van der Waals surface area contributed by atoms with Gasteiger partial charge in [-0.05, 0) is 60.7 Å². The van der Waals surface area contributed by atoms with Crippen molar-refractivity contribution in [1.82, 2.24) is 0 Å². The van der Waals surface area contributed by atoms with E-state index in [9.17, 15) is 9.59 Å². The van der Waals surface area contributed by atoms with Crippen LogP contribution in [0.25, 0.3) is 0 Å². The Kier molecular flexibility index (Phi) is 7.16. The van der Waals surface area contributed by atoms with Gasteiger partial charge in [0.1, 0.15) is 5.75 Å². The SMILES string of the molecule is COc1ccc(C(=O)Nc2cccc(SCC(=O)Nc3cccc(Cl)c3)c2)cc1. The Bertz CT molecular complexity index is 1010. The van der Waals surface area contributed by atoms with Gasteiger partial charge in [-0.25, -0.2) is 0 Å². The van der Waals surface area contributed by atoms with Crippen molar-refractivity contribution in [2.75, 3.05) is 23.5 Å². The third-order valence-electron chi connectivity index (χ3n) is 3.92. The van der Waals surface area contributed by atoms with Gasteiger partial charge in [-0.15, -0.1) is 11.8 Å². The Morgan fingerprint density at radius 1 is 0.931 bits per heavy atom. The van der Waals surface area contributed by atoms with Gasteiger partial charge in [-0.3, -0.25) is 9.59 Å². The fourth-order valence-electron chi connectivity index (χ4n) is 2.52. The largest absolute Gasteiger partial charge is 0.497 e. The first kappa shape index (κ1) is 20.8. The summed E-state index contributed by atoms with van der Waals surface area (Å²) in [4.78, 5) is 25.4. The molecule has 29 heavy (non-hydrogen) atoms. The number of hydrogen-bond donors (Lipinski definition) is 2. The lowest BCUT2D eigenvalue weighted by Gasteiger charge is -2.09. The summed E-state index contributed by atoms with van der Waals surface area (Å²) in [6, 6.07) is 21.2. The quantitative estimate of drug-likeness (QED) is 0.501. The highest BCUT2D eigenvalue weighted by Crippen LogP contribution is 2.23. The number of amides is 2. The van der Waals surface area contributed by atoms with Crippen LogP contribution < -0.4 is 15.4 Å². The number of carbonyl (C=O) groups is 2. The summed E-state index contributed by atoms with van der Waals surface area (Å²) in [6.07, 6.45) is 0. The molecule has 3 rings (SSSR count). The van der Waals surface area contributed by atoms with Crippen molar-refractivity contribution in [3.05, 3.63) is 83.4 Å². The lowest BCUT2D eigenvalue weighted by atomic mass is 10.2. The second-order valence-electron chi connectivity index (χ2n) is 6.06. The zero-order valence-corrected chi connectivity index (χ0v) is 17.2. The second-order valence-corrected chi connectivity index (χ2v) is 7.54. The maximum Gasteiger partial charge on any atom is 0.255 e. The molecular formula is C22H19ClN2O3S. The molecule has 2 N–H and O–H groups in total. The third kappa shape index (κ3) is 6.27. The zero-order chi connectivity index (χ0) is 20.6. The van der Waals surface area contributed by atoms with Crippen LogP contribution in [0.15, 0.2) is 77.7 Å². The molecule has 0 aliphatic carbocycles. The van der Waals surface area contributed by atoms with Gasteiger partial charge in [0, 0.05) is 26.9 Å². The molecule has 3 aromatic carbocycles. The summed E-state index contributed by atoms with van der Waals surface area (Å²) < 4.78 is 5.10. The molecule has 5 nitrogen and oxygen atoms in total. The fraction of sp³-hybridized carbons (Fsp3) is 0.0909. The van der Waals surface area contributed by atoms with Crippen molar-refractivity contribution >= 4 is 46.6 Å². The number of rotatable bonds is 7. The van der Waals surface area contributed by atoms with E-state index in [4.69, 9.17) is 16.3 Å². The van der Waals surface area contributed by atoms with Crippen molar-refractivity contribution in [1.29, 1.82) is 0 Å². The minimum absolute atomic E-state index is 0.134. The molecule has 0 heterocycles. The number of nitrogens with one attached hydrogen (secondary N) is 2. The van der Waals surface area contributed by atoms with Gasteiger partial charge in [0.25, 0.3) is 5.91 Å². The molecule has 0 saturated heterocycles. The minimum Gasteiger partial charge on any atom is -0.497 e. The average molecular weight is 427 g/mol. The summed E-state index contributed by atoms with van der Waals surface area (Å²) >= 11 is 7.30. The van der Waals surface area contributed by atoms with E-state index in [0.29, 0.717) is 27.7 Å². The van der Waals surface area contributed by atoms with E-state index < -0.39 is 0 Å². The van der Waals surface area contributed by atoms with E-state index in [0.717, 1.165) is 4.90 Å². The van der Waals surface area contributed by atoms with Crippen LogP contribution in [0.2, 0.25) is 5.02 Å². The van der Waals surface area contributed by atoms with E-state index in [-0.39, 0.29) is 17.6 Å². The molecule has 0 saturated carbocycles. The van der Waals surface area contributed by atoms with Crippen molar-refractivity contribution in [2.45, 2.75) is 4.90 Å². The van der Waals surface area contributed by atoms with Gasteiger partial charge in [0.2, 0.25) is 5.91 Å². The molecule has 3 aromatic rings. The first-order valence-corrected chi connectivity index (χ1v) is 10.1. The molecule has 0 aliphatic heterocycles. The number of methoxy groups -OCH3 is 1. The highest BCUT2D eigenvalue weighted by atomic mass is 35.5. The Hall–Kier alpha value is -2.96. The summed E-state index contributed by atoms with van der Waals surface area (Å²) in [5.41, 5.74) is 1.85. The molecule has 0 aliphatic rings. The highest BCUT2D eigenvalue weighted by Gasteiger charge is 2.08. The van der Waals surface area contributed by atoms with E-state index in [1.54, 1.807) is 61.7 Å². The fourth-order valence-corrected chi connectivity index (χ4v) is 3.47. The third-order valence-corrected chi connectivity index (χ3v) is 5.15. The molecule has 0 radical (unpaired) electrons. The van der Waals surface area contributed by atoms with Crippen LogP contribution in [0.4, 0.5) is 11.4 Å². The van der Waals surface area contributed by atoms with Crippen LogP contribution >= 0.6 is 23.4 Å². The zero-order valence-electron chi connectivity index (χ0n) is 15.6. The molecule has 148 valence electrons. The van der Waals surface area contributed by atoms with Gasteiger partial charge >= 0.3 is 0 Å². The maximum atomic E-state index is 12.4. The highest BCUT2D eigenvalue weighted by molar-refractivity contribution is 8.00. The summed E-state index contributed by atoms with van der Waals surface area (Å²) in [7, 11) is 1.58. The Morgan fingerprint density at radius 2 is 1.62 bits per heavy atom. The Morgan fingerprint density at radius 3 is 2.31 bits per heavy atom. The lowest BCUT2D eigenvalue weighted by Crippen LogP contribution is -2.14. The number of ether oxygens (including phenoxy) is 1.